The molecule has 8 nitrogen and oxygen atoms in total. The second-order valence-electron chi connectivity index (χ2n) is 3.82. The number of aliphatic carboxylic acids is 2. The van der Waals surface area contributed by atoms with E-state index in [-0.39, 0.29) is 11.3 Å². The van der Waals surface area contributed by atoms with Crippen LogP contribution >= 0.6 is 0 Å². The molecule has 0 aromatic heterocycles. The monoisotopic (exact) mass is 283 g/mol. The lowest BCUT2D eigenvalue weighted by Gasteiger charge is -2.13. The van der Waals surface area contributed by atoms with Crippen LogP contribution in [0.4, 0.5) is 0 Å². The summed E-state index contributed by atoms with van der Waals surface area (Å²) in [6.07, 6.45) is -0.772. The highest BCUT2D eigenvalue weighted by Crippen LogP contribution is 2.29. The quantitative estimate of drug-likeness (QED) is 0.580. The number of hydrogen-bond acceptors (Lipinski definition) is 5. The fraction of sp³-hybridized carbons (Fsp3) is 0.250. The van der Waals surface area contributed by atoms with E-state index in [1.54, 1.807) is 0 Å². The van der Waals surface area contributed by atoms with Gasteiger partial charge in [-0.2, -0.15) is 0 Å². The van der Waals surface area contributed by atoms with Crippen LogP contribution in [0.25, 0.3) is 0 Å². The zero-order chi connectivity index (χ0) is 15.3. The van der Waals surface area contributed by atoms with Gasteiger partial charge in [-0.15, -0.1) is 0 Å². The molecule has 0 aliphatic heterocycles. The largest absolute Gasteiger partial charge is 0.504 e. The molecule has 0 bridgehead atoms. The zero-order valence-corrected chi connectivity index (χ0v) is 10.5. The van der Waals surface area contributed by atoms with Gasteiger partial charge in [0.2, 0.25) is 0 Å². The number of carbonyl (C=O) groups is 3. The predicted octanol–water partition coefficient (Wildman–Crippen LogP) is 0.0585. The van der Waals surface area contributed by atoms with E-state index in [1.807, 2.05) is 5.32 Å². The van der Waals surface area contributed by atoms with Gasteiger partial charge >= 0.3 is 11.9 Å². The van der Waals surface area contributed by atoms with Gasteiger partial charge < -0.3 is 25.4 Å². The summed E-state index contributed by atoms with van der Waals surface area (Å²) in [4.78, 5) is 33.2. The average molecular weight is 283 g/mol. The summed E-state index contributed by atoms with van der Waals surface area (Å²) in [5, 5.41) is 29.2. The molecule has 1 rings (SSSR count). The number of amides is 1. The number of ether oxygens (including phenoxy) is 1. The molecular formula is C12H13NO7. The summed E-state index contributed by atoms with van der Waals surface area (Å²) in [6, 6.07) is 2.51. The first-order valence-corrected chi connectivity index (χ1v) is 5.48. The number of para-hydroxylation sites is 1. The summed E-state index contributed by atoms with van der Waals surface area (Å²) < 4.78 is 4.81. The van der Waals surface area contributed by atoms with Crippen LogP contribution in [-0.4, -0.2) is 46.3 Å². The Labute approximate surface area is 113 Å². The standard InChI is InChI=1S/C12H13NO7/c1-20-8-4-2-3-6(10(8)16)11(17)13-7(12(18)19)5-9(14)15/h2-4,7,16H,5H2,1H3,(H,13,17)(H,14,15)(H,18,19)/t7-/m0/s1. The van der Waals surface area contributed by atoms with E-state index in [4.69, 9.17) is 14.9 Å². The fourth-order valence-corrected chi connectivity index (χ4v) is 1.48. The van der Waals surface area contributed by atoms with Gasteiger partial charge in [0.1, 0.15) is 6.04 Å². The van der Waals surface area contributed by atoms with E-state index in [9.17, 15) is 19.5 Å². The Morgan fingerprint density at radius 3 is 2.45 bits per heavy atom. The van der Waals surface area contributed by atoms with Crippen molar-refractivity contribution in [2.45, 2.75) is 12.5 Å². The number of phenolic OH excluding ortho intramolecular Hbond substituents is 1. The third kappa shape index (κ3) is 3.61. The van der Waals surface area contributed by atoms with E-state index in [0.717, 1.165) is 0 Å². The van der Waals surface area contributed by atoms with Crippen molar-refractivity contribution in [3.05, 3.63) is 23.8 Å². The molecule has 0 aliphatic rings. The van der Waals surface area contributed by atoms with Gasteiger partial charge in [-0.05, 0) is 12.1 Å². The molecular weight excluding hydrogens is 270 g/mol. The predicted molar refractivity (Wildman–Crippen MR) is 65.8 cm³/mol. The lowest BCUT2D eigenvalue weighted by Crippen LogP contribution is -2.42. The highest BCUT2D eigenvalue weighted by molar-refractivity contribution is 6.00. The van der Waals surface area contributed by atoms with Crippen molar-refractivity contribution < 1.29 is 34.4 Å². The Hall–Kier alpha value is -2.77. The van der Waals surface area contributed by atoms with E-state index in [1.165, 1.54) is 25.3 Å². The summed E-state index contributed by atoms with van der Waals surface area (Å²) in [7, 11) is 1.29. The van der Waals surface area contributed by atoms with Gasteiger partial charge in [0.25, 0.3) is 5.91 Å². The second kappa shape index (κ2) is 6.41. The van der Waals surface area contributed by atoms with Crippen molar-refractivity contribution in [1.29, 1.82) is 0 Å². The number of carboxylic acid groups (broad SMARTS) is 2. The summed E-state index contributed by atoms with van der Waals surface area (Å²) >= 11 is 0. The van der Waals surface area contributed by atoms with Crippen LogP contribution in [0.15, 0.2) is 18.2 Å². The minimum Gasteiger partial charge on any atom is -0.504 e. The Morgan fingerprint density at radius 1 is 1.30 bits per heavy atom. The van der Waals surface area contributed by atoms with Crippen LogP contribution in [0.2, 0.25) is 0 Å². The van der Waals surface area contributed by atoms with E-state index >= 15 is 0 Å². The van der Waals surface area contributed by atoms with Crippen LogP contribution in [0, 0.1) is 0 Å². The van der Waals surface area contributed by atoms with Crippen molar-refractivity contribution in [2.24, 2.45) is 0 Å². The van der Waals surface area contributed by atoms with E-state index < -0.39 is 36.1 Å². The minimum absolute atomic E-state index is 0.0442. The molecule has 8 heteroatoms. The number of hydrogen-bond donors (Lipinski definition) is 4. The molecule has 4 N–H and O–H groups in total. The Balaban J connectivity index is 2.95. The first-order valence-electron chi connectivity index (χ1n) is 5.48. The molecule has 20 heavy (non-hydrogen) atoms. The molecule has 108 valence electrons. The Kier molecular flexibility index (Phi) is 4.90. The number of carboxylic acids is 2. The molecule has 0 fully saturated rings. The number of rotatable bonds is 6. The molecule has 0 aliphatic carbocycles. The molecule has 1 amide bonds. The first-order chi connectivity index (χ1) is 9.36. The van der Waals surface area contributed by atoms with Crippen molar-refractivity contribution in [3.63, 3.8) is 0 Å². The van der Waals surface area contributed by atoms with Crippen molar-refractivity contribution >= 4 is 17.8 Å². The average Bonchev–Trinajstić information content (AvgIpc) is 2.37. The third-order valence-electron chi connectivity index (χ3n) is 2.45. The van der Waals surface area contributed by atoms with Crippen molar-refractivity contribution in [1.82, 2.24) is 5.32 Å². The molecule has 0 spiro atoms. The maximum atomic E-state index is 11.8. The molecule has 0 unspecified atom stereocenters. The van der Waals surface area contributed by atoms with Gasteiger partial charge in [-0.3, -0.25) is 9.59 Å². The SMILES string of the molecule is COc1cccc(C(=O)N[C@@H](CC(=O)O)C(=O)O)c1O. The van der Waals surface area contributed by atoms with Crippen molar-refractivity contribution in [2.75, 3.05) is 7.11 Å². The lowest BCUT2D eigenvalue weighted by atomic mass is 10.1. The molecule has 1 aromatic carbocycles. The zero-order valence-electron chi connectivity index (χ0n) is 10.5. The Morgan fingerprint density at radius 2 is 1.95 bits per heavy atom. The van der Waals surface area contributed by atoms with Crippen LogP contribution < -0.4 is 10.1 Å². The van der Waals surface area contributed by atoms with Gasteiger partial charge in [0.05, 0.1) is 19.1 Å². The van der Waals surface area contributed by atoms with Gasteiger partial charge in [-0.1, -0.05) is 6.07 Å². The minimum atomic E-state index is -1.59. The Bertz CT molecular complexity index is 541. The molecule has 0 radical (unpaired) electrons. The topological polar surface area (TPSA) is 133 Å². The molecule has 0 saturated carbocycles. The van der Waals surface area contributed by atoms with E-state index in [2.05, 4.69) is 0 Å². The normalized spacial score (nSPS) is 11.4. The summed E-state index contributed by atoms with van der Waals surface area (Å²) in [5.74, 6) is -4.17. The second-order valence-corrected chi connectivity index (χ2v) is 3.82. The van der Waals surface area contributed by atoms with Crippen molar-refractivity contribution in [3.8, 4) is 11.5 Å². The van der Waals surface area contributed by atoms with Crippen LogP contribution in [0.1, 0.15) is 16.8 Å². The summed E-state index contributed by atoms with van der Waals surface area (Å²) in [6.45, 7) is 0. The van der Waals surface area contributed by atoms with Crippen LogP contribution in [0.3, 0.4) is 0 Å². The number of aromatic hydroxyl groups is 1. The molecule has 0 heterocycles. The number of benzene rings is 1. The maximum absolute atomic E-state index is 11.8. The maximum Gasteiger partial charge on any atom is 0.326 e. The van der Waals surface area contributed by atoms with Gasteiger partial charge in [0.15, 0.2) is 11.5 Å². The number of methoxy groups -OCH3 is 1. The number of phenols is 1. The molecule has 1 aromatic rings. The third-order valence-corrected chi connectivity index (χ3v) is 2.45. The fourth-order valence-electron chi connectivity index (χ4n) is 1.48. The molecule has 0 saturated heterocycles. The number of nitrogens with one attached hydrogen (secondary N) is 1. The highest BCUT2D eigenvalue weighted by Gasteiger charge is 2.25. The smallest absolute Gasteiger partial charge is 0.326 e. The van der Waals surface area contributed by atoms with Gasteiger partial charge in [-0.25, -0.2) is 4.79 Å². The lowest BCUT2D eigenvalue weighted by molar-refractivity contribution is -0.145. The highest BCUT2D eigenvalue weighted by atomic mass is 16.5. The van der Waals surface area contributed by atoms with Gasteiger partial charge in [0, 0.05) is 0 Å². The van der Waals surface area contributed by atoms with Crippen LogP contribution in [0.5, 0.6) is 11.5 Å². The molecule has 1 atom stereocenters. The van der Waals surface area contributed by atoms with Crippen LogP contribution in [-0.2, 0) is 9.59 Å². The summed E-state index contributed by atoms with van der Waals surface area (Å²) in [5.41, 5.74) is -0.207. The first kappa shape index (κ1) is 15.3. The van der Waals surface area contributed by atoms with E-state index in [0.29, 0.717) is 0 Å². The number of carbonyl (C=O) groups excluding carboxylic acids is 1.